The molecule has 0 radical (unpaired) electrons. The summed E-state index contributed by atoms with van der Waals surface area (Å²) in [6, 6.07) is 11.4. The lowest BCUT2D eigenvalue weighted by molar-refractivity contribution is 0.287. The molecule has 162 valence electrons. The Bertz CT molecular complexity index is 859. The fourth-order valence-electron chi connectivity index (χ4n) is 3.77. The van der Waals surface area contributed by atoms with E-state index in [1.54, 1.807) is 26.4 Å². The monoisotopic (exact) mass is 414 g/mol. The van der Waals surface area contributed by atoms with Gasteiger partial charge in [0.15, 0.2) is 17.6 Å². The molecule has 3 rings (SSSR count). The van der Waals surface area contributed by atoms with Crippen LogP contribution in [0.1, 0.15) is 18.0 Å². The van der Waals surface area contributed by atoms with E-state index in [0.717, 1.165) is 30.2 Å². The lowest BCUT2D eigenvalue weighted by Crippen LogP contribution is -2.46. The number of halogens is 1. The van der Waals surface area contributed by atoms with Crippen molar-refractivity contribution in [2.45, 2.75) is 18.5 Å². The lowest BCUT2D eigenvalue weighted by Gasteiger charge is -2.28. The highest BCUT2D eigenvalue weighted by Gasteiger charge is 2.26. The van der Waals surface area contributed by atoms with E-state index in [9.17, 15) is 4.39 Å². The van der Waals surface area contributed by atoms with Gasteiger partial charge < -0.3 is 25.2 Å². The Morgan fingerprint density at radius 1 is 1.33 bits per heavy atom. The van der Waals surface area contributed by atoms with Crippen molar-refractivity contribution in [1.82, 2.24) is 20.5 Å². The summed E-state index contributed by atoms with van der Waals surface area (Å²) < 4.78 is 19.6. The van der Waals surface area contributed by atoms with E-state index in [-0.39, 0.29) is 17.9 Å². The van der Waals surface area contributed by atoms with Gasteiger partial charge in [-0.3, -0.25) is 4.99 Å². The van der Waals surface area contributed by atoms with Gasteiger partial charge in [-0.05, 0) is 38.7 Å². The fourth-order valence-corrected chi connectivity index (χ4v) is 3.77. The molecule has 30 heavy (non-hydrogen) atoms. The van der Waals surface area contributed by atoms with Crippen molar-refractivity contribution < 1.29 is 9.13 Å². The predicted molar refractivity (Wildman–Crippen MR) is 119 cm³/mol. The van der Waals surface area contributed by atoms with Gasteiger partial charge in [0, 0.05) is 44.5 Å². The molecule has 1 aromatic carbocycles. The Morgan fingerprint density at radius 2 is 2.13 bits per heavy atom. The molecule has 0 amide bonds. The maximum atomic E-state index is 14.0. The van der Waals surface area contributed by atoms with Gasteiger partial charge >= 0.3 is 0 Å². The van der Waals surface area contributed by atoms with Gasteiger partial charge in [0.2, 0.25) is 0 Å². The van der Waals surface area contributed by atoms with Crippen LogP contribution in [-0.2, 0) is 0 Å². The summed E-state index contributed by atoms with van der Waals surface area (Å²) in [6.07, 6.45) is 2.51. The SMILES string of the molecule is CN=C(NCC(c1ccccc1OC)N(C)C)NC1CCN(c2ncccc2F)C1. The van der Waals surface area contributed by atoms with E-state index in [2.05, 4.69) is 31.6 Å². The molecule has 8 heteroatoms. The van der Waals surface area contributed by atoms with E-state index in [1.165, 1.54) is 6.07 Å². The number of methoxy groups -OCH3 is 1. The summed E-state index contributed by atoms with van der Waals surface area (Å²) in [5.74, 6) is 1.72. The summed E-state index contributed by atoms with van der Waals surface area (Å²) in [5, 5.41) is 6.88. The molecule has 1 aliphatic rings. The van der Waals surface area contributed by atoms with Crippen LogP contribution in [0.5, 0.6) is 5.75 Å². The summed E-state index contributed by atoms with van der Waals surface area (Å²) in [4.78, 5) is 12.7. The molecule has 0 saturated carbocycles. The molecular formula is C22H31FN6O. The minimum Gasteiger partial charge on any atom is -0.496 e. The summed E-state index contributed by atoms with van der Waals surface area (Å²) in [5.41, 5.74) is 1.12. The van der Waals surface area contributed by atoms with Crippen LogP contribution in [0.25, 0.3) is 0 Å². The average molecular weight is 415 g/mol. The highest BCUT2D eigenvalue weighted by molar-refractivity contribution is 5.80. The second kappa shape index (κ2) is 10.2. The number of para-hydroxylation sites is 1. The first-order chi connectivity index (χ1) is 14.5. The average Bonchev–Trinajstić information content (AvgIpc) is 3.21. The number of hydrogen-bond donors (Lipinski definition) is 2. The van der Waals surface area contributed by atoms with Gasteiger partial charge in [-0.15, -0.1) is 0 Å². The minimum atomic E-state index is -0.286. The van der Waals surface area contributed by atoms with Crippen molar-refractivity contribution in [3.63, 3.8) is 0 Å². The van der Waals surface area contributed by atoms with Gasteiger partial charge in [0.25, 0.3) is 0 Å². The molecule has 0 aliphatic carbocycles. The second-order valence-electron chi connectivity index (χ2n) is 7.56. The highest BCUT2D eigenvalue weighted by Crippen LogP contribution is 2.27. The number of aliphatic imine (C=N–C) groups is 1. The number of rotatable bonds is 7. The first-order valence-corrected chi connectivity index (χ1v) is 10.2. The number of guanidine groups is 1. The van der Waals surface area contributed by atoms with Crippen molar-refractivity contribution in [3.8, 4) is 5.75 Å². The van der Waals surface area contributed by atoms with Gasteiger partial charge in [-0.25, -0.2) is 9.37 Å². The molecule has 2 unspecified atom stereocenters. The molecular weight excluding hydrogens is 383 g/mol. The number of ether oxygens (including phenoxy) is 1. The highest BCUT2D eigenvalue weighted by atomic mass is 19.1. The van der Waals surface area contributed by atoms with Crippen LogP contribution in [0.15, 0.2) is 47.6 Å². The van der Waals surface area contributed by atoms with Gasteiger partial charge in [-0.1, -0.05) is 18.2 Å². The molecule has 0 bridgehead atoms. The van der Waals surface area contributed by atoms with Crippen molar-refractivity contribution in [3.05, 3.63) is 54.0 Å². The number of nitrogens with zero attached hydrogens (tertiary/aromatic N) is 4. The van der Waals surface area contributed by atoms with Crippen molar-refractivity contribution in [2.75, 3.05) is 52.8 Å². The van der Waals surface area contributed by atoms with Crippen LogP contribution < -0.4 is 20.3 Å². The number of likely N-dealkylation sites (N-methyl/N-ethyl adjacent to an activating group) is 1. The molecule has 1 fully saturated rings. The van der Waals surface area contributed by atoms with E-state index in [1.807, 2.05) is 37.2 Å². The Hall–Kier alpha value is -2.87. The Balaban J connectivity index is 1.60. The van der Waals surface area contributed by atoms with Crippen molar-refractivity contribution in [1.29, 1.82) is 0 Å². The van der Waals surface area contributed by atoms with E-state index >= 15 is 0 Å². The van der Waals surface area contributed by atoms with Crippen LogP contribution in [-0.4, -0.2) is 69.8 Å². The molecule has 2 aromatic rings. The van der Waals surface area contributed by atoms with E-state index in [4.69, 9.17) is 4.74 Å². The molecule has 7 nitrogen and oxygen atoms in total. The minimum absolute atomic E-state index is 0.113. The maximum absolute atomic E-state index is 14.0. The number of anilines is 1. The van der Waals surface area contributed by atoms with Gasteiger partial charge in [0.05, 0.1) is 13.2 Å². The standard InChI is InChI=1S/C22H31FN6O/c1-24-22(26-14-19(28(2)3)17-8-5-6-10-20(17)30-4)27-16-11-13-29(15-16)21-18(23)9-7-12-25-21/h5-10,12,16,19H,11,13-15H2,1-4H3,(H2,24,26,27). The Kier molecular flexibility index (Phi) is 7.46. The third kappa shape index (κ3) is 5.18. The molecule has 2 atom stereocenters. The number of benzene rings is 1. The number of aromatic nitrogens is 1. The normalized spacial score (nSPS) is 17.9. The number of nitrogens with one attached hydrogen (secondary N) is 2. The van der Waals surface area contributed by atoms with Crippen LogP contribution in [0.4, 0.5) is 10.2 Å². The number of pyridine rings is 1. The second-order valence-corrected chi connectivity index (χ2v) is 7.56. The molecule has 1 saturated heterocycles. The van der Waals surface area contributed by atoms with Crippen molar-refractivity contribution >= 4 is 11.8 Å². The molecule has 2 N–H and O–H groups in total. The van der Waals surface area contributed by atoms with E-state index in [0.29, 0.717) is 18.9 Å². The summed E-state index contributed by atoms with van der Waals surface area (Å²) in [7, 11) is 7.54. The topological polar surface area (TPSA) is 65.0 Å². The molecule has 2 heterocycles. The van der Waals surface area contributed by atoms with Gasteiger partial charge in [-0.2, -0.15) is 0 Å². The largest absolute Gasteiger partial charge is 0.496 e. The zero-order valence-corrected chi connectivity index (χ0v) is 18.1. The quantitative estimate of drug-likeness (QED) is 0.535. The van der Waals surface area contributed by atoms with Gasteiger partial charge in [0.1, 0.15) is 5.75 Å². The zero-order valence-electron chi connectivity index (χ0n) is 18.1. The third-order valence-electron chi connectivity index (χ3n) is 5.38. The van der Waals surface area contributed by atoms with Crippen LogP contribution in [0, 0.1) is 5.82 Å². The Labute approximate surface area is 178 Å². The zero-order chi connectivity index (χ0) is 21.5. The van der Waals surface area contributed by atoms with E-state index < -0.39 is 0 Å². The predicted octanol–water partition coefficient (Wildman–Crippen LogP) is 2.28. The third-order valence-corrected chi connectivity index (χ3v) is 5.38. The maximum Gasteiger partial charge on any atom is 0.191 e. The number of hydrogen-bond acceptors (Lipinski definition) is 5. The van der Waals surface area contributed by atoms with Crippen LogP contribution in [0.3, 0.4) is 0 Å². The lowest BCUT2D eigenvalue weighted by atomic mass is 10.0. The summed E-state index contributed by atoms with van der Waals surface area (Å²) in [6.45, 7) is 2.10. The molecule has 1 aromatic heterocycles. The van der Waals surface area contributed by atoms with Crippen LogP contribution in [0.2, 0.25) is 0 Å². The summed E-state index contributed by atoms with van der Waals surface area (Å²) >= 11 is 0. The smallest absolute Gasteiger partial charge is 0.191 e. The van der Waals surface area contributed by atoms with Crippen LogP contribution >= 0.6 is 0 Å². The Morgan fingerprint density at radius 3 is 2.83 bits per heavy atom. The first-order valence-electron chi connectivity index (χ1n) is 10.2. The van der Waals surface area contributed by atoms with Crippen molar-refractivity contribution in [2.24, 2.45) is 4.99 Å². The molecule has 1 aliphatic heterocycles. The first kappa shape index (κ1) is 21.8. The molecule has 0 spiro atoms. The fraction of sp³-hybridized carbons (Fsp3) is 0.455.